The van der Waals surface area contributed by atoms with Crippen LogP contribution < -0.4 is 5.32 Å². The van der Waals surface area contributed by atoms with Gasteiger partial charge in [0.25, 0.3) is 0 Å². The number of hydrogen-bond donors (Lipinski definition) is 2. The molecule has 1 rings (SSSR count). The van der Waals surface area contributed by atoms with Crippen molar-refractivity contribution in [3.63, 3.8) is 0 Å². The Morgan fingerprint density at radius 3 is 2.08 bits per heavy atom. The fourth-order valence-electron chi connectivity index (χ4n) is 0.908. The van der Waals surface area contributed by atoms with E-state index in [0.717, 1.165) is 11.1 Å². The van der Waals surface area contributed by atoms with Crippen molar-refractivity contribution in [1.82, 2.24) is 5.32 Å². The van der Waals surface area contributed by atoms with Gasteiger partial charge in [0.2, 0.25) is 0 Å². The van der Waals surface area contributed by atoms with E-state index >= 15 is 0 Å². The van der Waals surface area contributed by atoms with Gasteiger partial charge in [-0.25, -0.2) is 0 Å². The van der Waals surface area contributed by atoms with Crippen LogP contribution in [0.4, 0.5) is 0 Å². The third kappa shape index (κ3) is 4.15. The van der Waals surface area contributed by atoms with Crippen LogP contribution in [0.1, 0.15) is 11.1 Å². The molecular weight excluding hydrogens is 186 g/mol. The first-order chi connectivity index (χ1) is 6.02. The molecule has 0 fully saturated rings. The van der Waals surface area contributed by atoms with Gasteiger partial charge in [0, 0.05) is 0 Å². The highest BCUT2D eigenvalue weighted by atomic mass is 35.5. The van der Waals surface area contributed by atoms with Crippen LogP contribution >= 0.6 is 11.6 Å². The van der Waals surface area contributed by atoms with Crippen LogP contribution in [0.25, 0.3) is 0 Å². The summed E-state index contributed by atoms with van der Waals surface area (Å²) in [5, 5.41) is 12.4. The molecule has 1 aromatic carbocycles. The summed E-state index contributed by atoms with van der Waals surface area (Å²) in [5.41, 5.74) is 1.89. The number of hydrogen-bond acceptors (Lipinski definition) is 2. The van der Waals surface area contributed by atoms with Crippen LogP contribution in [0, 0.1) is 13.8 Å². The predicted molar refractivity (Wildman–Crippen MR) is 57.6 cm³/mol. The van der Waals surface area contributed by atoms with Crippen LogP contribution in [-0.4, -0.2) is 19.2 Å². The second-order valence-electron chi connectivity index (χ2n) is 2.91. The van der Waals surface area contributed by atoms with Gasteiger partial charge in [0.05, 0.1) is 5.02 Å². The van der Waals surface area contributed by atoms with Crippen molar-refractivity contribution in [2.45, 2.75) is 13.8 Å². The second kappa shape index (κ2) is 5.84. The zero-order chi connectivity index (χ0) is 10.4. The molecule has 0 amide bonds. The lowest BCUT2D eigenvalue weighted by Gasteiger charge is -2.01. The van der Waals surface area contributed by atoms with E-state index in [1.54, 1.807) is 6.07 Å². The Balaban J connectivity index is 0.000000424. The Hall–Kier alpha value is -0.730. The monoisotopic (exact) mass is 201 g/mol. The van der Waals surface area contributed by atoms with E-state index in [-0.39, 0.29) is 5.75 Å². The number of halogens is 1. The van der Waals surface area contributed by atoms with Gasteiger partial charge in [0.1, 0.15) is 5.75 Å². The van der Waals surface area contributed by atoms with E-state index in [1.165, 1.54) is 0 Å². The molecular formula is C10H16ClNO. The van der Waals surface area contributed by atoms with Crippen molar-refractivity contribution < 1.29 is 5.11 Å². The summed E-state index contributed by atoms with van der Waals surface area (Å²) in [7, 11) is 3.75. The average Bonchev–Trinajstić information content (AvgIpc) is 2.01. The van der Waals surface area contributed by atoms with Crippen LogP contribution in [0.5, 0.6) is 5.75 Å². The molecule has 0 aliphatic rings. The molecule has 0 bridgehead atoms. The first kappa shape index (κ1) is 12.3. The van der Waals surface area contributed by atoms with Gasteiger partial charge in [-0.2, -0.15) is 0 Å². The maximum Gasteiger partial charge on any atom is 0.137 e. The lowest BCUT2D eigenvalue weighted by Crippen LogP contribution is -1.89. The molecule has 0 heterocycles. The molecule has 0 aromatic heterocycles. The number of phenols is 1. The molecule has 13 heavy (non-hydrogen) atoms. The summed E-state index contributed by atoms with van der Waals surface area (Å²) >= 11 is 5.67. The third-order valence-corrected chi connectivity index (χ3v) is 1.69. The Morgan fingerprint density at radius 1 is 1.23 bits per heavy atom. The SMILES string of the molecule is CNC.Cc1cc(C)c(O)c(Cl)c1. The molecule has 0 spiro atoms. The lowest BCUT2D eigenvalue weighted by molar-refractivity contribution is 0.471. The molecule has 0 saturated carbocycles. The Labute approximate surface area is 84.5 Å². The summed E-state index contributed by atoms with van der Waals surface area (Å²) in [5.74, 6) is 0.187. The van der Waals surface area contributed by atoms with E-state index in [1.807, 2.05) is 34.0 Å². The standard InChI is InChI=1S/C8H9ClO.C2H7N/c1-5-3-6(2)8(10)7(9)4-5;1-3-2/h3-4,10H,1-2H3;3H,1-2H3. The highest BCUT2D eigenvalue weighted by Gasteiger charge is 2.00. The largest absolute Gasteiger partial charge is 0.506 e. The minimum Gasteiger partial charge on any atom is -0.506 e. The molecule has 0 saturated heterocycles. The molecule has 74 valence electrons. The third-order valence-electron chi connectivity index (χ3n) is 1.40. The van der Waals surface area contributed by atoms with Crippen LogP contribution in [0.2, 0.25) is 5.02 Å². The number of phenolic OH excluding ortho intramolecular Hbond substituents is 1. The van der Waals surface area contributed by atoms with E-state index in [0.29, 0.717) is 5.02 Å². The van der Waals surface area contributed by atoms with E-state index in [9.17, 15) is 5.11 Å². The smallest absolute Gasteiger partial charge is 0.137 e. The van der Waals surface area contributed by atoms with Gasteiger partial charge < -0.3 is 10.4 Å². The molecule has 0 atom stereocenters. The van der Waals surface area contributed by atoms with Gasteiger partial charge in [-0.1, -0.05) is 17.7 Å². The minimum absolute atomic E-state index is 0.187. The highest BCUT2D eigenvalue weighted by Crippen LogP contribution is 2.27. The Kier molecular flexibility index (Phi) is 5.51. The summed E-state index contributed by atoms with van der Waals surface area (Å²) in [4.78, 5) is 0. The fraction of sp³-hybridized carbons (Fsp3) is 0.400. The molecule has 2 N–H and O–H groups in total. The Bertz CT molecular complexity index is 251. The van der Waals surface area contributed by atoms with Crippen molar-refractivity contribution in [2.24, 2.45) is 0 Å². The normalized spacial score (nSPS) is 9.00. The van der Waals surface area contributed by atoms with E-state index in [4.69, 9.17) is 11.6 Å². The number of rotatable bonds is 0. The van der Waals surface area contributed by atoms with Crippen LogP contribution in [0.15, 0.2) is 12.1 Å². The predicted octanol–water partition coefficient (Wildman–Crippen LogP) is 2.50. The van der Waals surface area contributed by atoms with Gasteiger partial charge in [-0.05, 0) is 45.1 Å². The topological polar surface area (TPSA) is 32.3 Å². The first-order valence-corrected chi connectivity index (χ1v) is 4.45. The van der Waals surface area contributed by atoms with Crippen molar-refractivity contribution in [1.29, 1.82) is 0 Å². The van der Waals surface area contributed by atoms with Gasteiger partial charge in [-0.3, -0.25) is 0 Å². The van der Waals surface area contributed by atoms with Crippen molar-refractivity contribution in [3.05, 3.63) is 28.3 Å². The molecule has 0 aliphatic heterocycles. The molecule has 2 nitrogen and oxygen atoms in total. The van der Waals surface area contributed by atoms with Gasteiger partial charge in [-0.15, -0.1) is 0 Å². The minimum atomic E-state index is 0.187. The second-order valence-corrected chi connectivity index (χ2v) is 3.32. The molecule has 0 unspecified atom stereocenters. The summed E-state index contributed by atoms with van der Waals surface area (Å²) < 4.78 is 0. The zero-order valence-electron chi connectivity index (χ0n) is 8.48. The summed E-state index contributed by atoms with van der Waals surface area (Å²) in [6.45, 7) is 3.77. The fourth-order valence-corrected chi connectivity index (χ4v) is 1.23. The molecule has 3 heteroatoms. The number of aryl methyl sites for hydroxylation is 2. The van der Waals surface area contributed by atoms with E-state index in [2.05, 4.69) is 5.32 Å². The molecule has 1 aromatic rings. The van der Waals surface area contributed by atoms with Crippen molar-refractivity contribution >= 4 is 11.6 Å². The van der Waals surface area contributed by atoms with E-state index < -0.39 is 0 Å². The first-order valence-electron chi connectivity index (χ1n) is 4.07. The van der Waals surface area contributed by atoms with Crippen LogP contribution in [-0.2, 0) is 0 Å². The average molecular weight is 202 g/mol. The van der Waals surface area contributed by atoms with Crippen molar-refractivity contribution in [2.75, 3.05) is 14.1 Å². The number of aromatic hydroxyl groups is 1. The zero-order valence-corrected chi connectivity index (χ0v) is 9.24. The van der Waals surface area contributed by atoms with Crippen LogP contribution in [0.3, 0.4) is 0 Å². The lowest BCUT2D eigenvalue weighted by atomic mass is 10.1. The maximum atomic E-state index is 9.20. The maximum absolute atomic E-state index is 9.20. The summed E-state index contributed by atoms with van der Waals surface area (Å²) in [6.07, 6.45) is 0. The quantitative estimate of drug-likeness (QED) is 0.676. The highest BCUT2D eigenvalue weighted by molar-refractivity contribution is 6.32. The van der Waals surface area contributed by atoms with Gasteiger partial charge in [0.15, 0.2) is 0 Å². The van der Waals surface area contributed by atoms with Crippen molar-refractivity contribution in [3.8, 4) is 5.75 Å². The molecule has 0 aliphatic carbocycles. The molecule has 0 radical (unpaired) electrons. The Morgan fingerprint density at radius 2 is 1.69 bits per heavy atom. The number of benzene rings is 1. The number of nitrogens with one attached hydrogen (secondary N) is 1. The summed E-state index contributed by atoms with van der Waals surface area (Å²) in [6, 6.07) is 3.63. The van der Waals surface area contributed by atoms with Gasteiger partial charge >= 0.3 is 0 Å².